The van der Waals surface area contributed by atoms with Crippen molar-refractivity contribution in [1.82, 2.24) is 5.32 Å². The van der Waals surface area contributed by atoms with E-state index in [2.05, 4.69) is 27.3 Å². The summed E-state index contributed by atoms with van der Waals surface area (Å²) in [5, 5.41) is 2.90. The van der Waals surface area contributed by atoms with Gasteiger partial charge in [0.15, 0.2) is 0 Å². The molecule has 2 aromatic carbocycles. The predicted octanol–water partition coefficient (Wildman–Crippen LogP) is 4.41. The molecule has 0 radical (unpaired) electrons. The van der Waals surface area contributed by atoms with Gasteiger partial charge in [-0.3, -0.25) is 0 Å². The molecule has 0 aromatic heterocycles. The Bertz CT molecular complexity index is 653. The number of rotatable bonds is 5. The first-order valence-electron chi connectivity index (χ1n) is 7.39. The Morgan fingerprint density at radius 1 is 1.09 bits per heavy atom. The summed E-state index contributed by atoms with van der Waals surface area (Å²) < 4.78 is 6.36. The molecule has 0 bridgehead atoms. The molecule has 0 heterocycles. The third-order valence-corrected chi connectivity index (χ3v) is 4.77. The van der Waals surface area contributed by atoms with Gasteiger partial charge in [0.05, 0.1) is 0 Å². The molecule has 2 aromatic rings. The van der Waals surface area contributed by atoms with Gasteiger partial charge in [-0.1, -0.05) is 64.5 Å². The van der Waals surface area contributed by atoms with Crippen molar-refractivity contribution in [2.24, 2.45) is 0 Å². The second-order valence-corrected chi connectivity index (χ2v) is 6.53. The van der Waals surface area contributed by atoms with Crippen LogP contribution in [0.1, 0.15) is 24.0 Å². The lowest BCUT2D eigenvalue weighted by molar-refractivity contribution is 0.138. The molecule has 22 heavy (non-hydrogen) atoms. The lowest BCUT2D eigenvalue weighted by Gasteiger charge is -2.18. The van der Waals surface area contributed by atoms with E-state index in [0.717, 1.165) is 22.9 Å². The number of halogens is 1. The topological polar surface area (TPSA) is 38.3 Å². The van der Waals surface area contributed by atoms with Crippen LogP contribution in [-0.4, -0.2) is 12.6 Å². The lowest BCUT2D eigenvalue weighted by atomic mass is 9.96. The van der Waals surface area contributed by atoms with Crippen molar-refractivity contribution in [2.75, 3.05) is 6.54 Å². The molecule has 1 saturated carbocycles. The SMILES string of the molecule is O=C(NCC1(c2ccccc2Br)CC1)OCc1ccccc1. The van der Waals surface area contributed by atoms with Crippen molar-refractivity contribution in [3.63, 3.8) is 0 Å². The standard InChI is InChI=1S/C18H18BrNO2/c19-16-9-5-4-8-15(16)18(10-11-18)13-20-17(21)22-12-14-6-2-1-3-7-14/h1-9H,10-13H2,(H,20,21). The average Bonchev–Trinajstić information content (AvgIpc) is 3.33. The first kappa shape index (κ1) is 15.1. The highest BCUT2D eigenvalue weighted by atomic mass is 79.9. The second kappa shape index (κ2) is 6.53. The first-order chi connectivity index (χ1) is 10.7. The number of hydrogen-bond acceptors (Lipinski definition) is 2. The van der Waals surface area contributed by atoms with Crippen LogP contribution in [0.4, 0.5) is 4.79 Å². The average molecular weight is 360 g/mol. The fourth-order valence-electron chi connectivity index (χ4n) is 2.60. The van der Waals surface area contributed by atoms with E-state index in [4.69, 9.17) is 4.74 Å². The van der Waals surface area contributed by atoms with Gasteiger partial charge in [0.1, 0.15) is 6.61 Å². The summed E-state index contributed by atoms with van der Waals surface area (Å²) in [6, 6.07) is 17.9. The third-order valence-electron chi connectivity index (χ3n) is 4.08. The maximum Gasteiger partial charge on any atom is 0.407 e. The van der Waals surface area contributed by atoms with Gasteiger partial charge < -0.3 is 10.1 Å². The molecular weight excluding hydrogens is 342 g/mol. The van der Waals surface area contributed by atoms with Crippen LogP contribution >= 0.6 is 15.9 Å². The number of nitrogens with one attached hydrogen (secondary N) is 1. The van der Waals surface area contributed by atoms with Crippen LogP contribution in [0.2, 0.25) is 0 Å². The molecule has 1 N–H and O–H groups in total. The normalized spacial score (nSPS) is 15.1. The summed E-state index contributed by atoms with van der Waals surface area (Å²) in [5.41, 5.74) is 2.31. The molecule has 3 nitrogen and oxygen atoms in total. The Labute approximate surface area is 138 Å². The molecule has 1 aliphatic carbocycles. The molecule has 0 unspecified atom stereocenters. The van der Waals surface area contributed by atoms with E-state index >= 15 is 0 Å². The summed E-state index contributed by atoms with van der Waals surface area (Å²) in [5.74, 6) is 0. The van der Waals surface area contributed by atoms with E-state index in [0.29, 0.717) is 13.2 Å². The summed E-state index contributed by atoms with van der Waals surface area (Å²) >= 11 is 3.60. The Kier molecular flexibility index (Phi) is 4.48. The zero-order valence-electron chi connectivity index (χ0n) is 12.2. The smallest absolute Gasteiger partial charge is 0.407 e. The van der Waals surface area contributed by atoms with Gasteiger partial charge in [-0.2, -0.15) is 0 Å². The molecule has 0 saturated heterocycles. The van der Waals surface area contributed by atoms with Crippen LogP contribution in [0, 0.1) is 0 Å². The lowest BCUT2D eigenvalue weighted by Crippen LogP contribution is -2.32. The number of ether oxygens (including phenoxy) is 1. The fraction of sp³-hybridized carbons (Fsp3) is 0.278. The Balaban J connectivity index is 1.52. The van der Waals surface area contributed by atoms with Crippen molar-refractivity contribution in [1.29, 1.82) is 0 Å². The van der Waals surface area contributed by atoms with Crippen LogP contribution in [0.15, 0.2) is 59.1 Å². The van der Waals surface area contributed by atoms with Crippen LogP contribution < -0.4 is 5.32 Å². The molecule has 1 fully saturated rings. The van der Waals surface area contributed by atoms with E-state index in [1.807, 2.05) is 48.5 Å². The molecule has 0 atom stereocenters. The molecule has 1 aliphatic rings. The minimum absolute atomic E-state index is 0.0614. The van der Waals surface area contributed by atoms with Crippen LogP contribution in [0.25, 0.3) is 0 Å². The van der Waals surface area contributed by atoms with Crippen LogP contribution in [0.5, 0.6) is 0 Å². The number of carbonyl (C=O) groups is 1. The molecule has 1 amide bonds. The summed E-state index contributed by atoms with van der Waals surface area (Å²) in [7, 11) is 0. The molecule has 0 spiro atoms. The molecule has 114 valence electrons. The van der Waals surface area contributed by atoms with E-state index in [1.54, 1.807) is 0 Å². The summed E-state index contributed by atoms with van der Waals surface area (Å²) in [6.45, 7) is 0.915. The number of amides is 1. The van der Waals surface area contributed by atoms with E-state index < -0.39 is 0 Å². The zero-order valence-corrected chi connectivity index (χ0v) is 13.8. The monoisotopic (exact) mass is 359 g/mol. The van der Waals surface area contributed by atoms with Crippen molar-refractivity contribution in [3.05, 3.63) is 70.2 Å². The highest BCUT2D eigenvalue weighted by Crippen LogP contribution is 2.49. The summed E-state index contributed by atoms with van der Waals surface area (Å²) in [4.78, 5) is 11.9. The van der Waals surface area contributed by atoms with E-state index in [9.17, 15) is 4.79 Å². The third kappa shape index (κ3) is 3.50. The maximum absolute atomic E-state index is 11.9. The van der Waals surface area contributed by atoms with Gasteiger partial charge in [-0.25, -0.2) is 4.79 Å². The van der Waals surface area contributed by atoms with Gasteiger partial charge >= 0.3 is 6.09 Å². The quantitative estimate of drug-likeness (QED) is 0.858. The molecule has 0 aliphatic heterocycles. The van der Waals surface area contributed by atoms with Gasteiger partial charge in [0, 0.05) is 16.4 Å². The molecular formula is C18H18BrNO2. The van der Waals surface area contributed by atoms with Crippen molar-refractivity contribution >= 4 is 22.0 Å². The number of hydrogen-bond donors (Lipinski definition) is 1. The first-order valence-corrected chi connectivity index (χ1v) is 8.18. The highest BCUT2D eigenvalue weighted by Gasteiger charge is 2.45. The van der Waals surface area contributed by atoms with Crippen molar-refractivity contribution in [3.8, 4) is 0 Å². The van der Waals surface area contributed by atoms with E-state index in [-0.39, 0.29) is 11.5 Å². The number of benzene rings is 2. The van der Waals surface area contributed by atoms with Gasteiger partial charge in [0.2, 0.25) is 0 Å². The largest absolute Gasteiger partial charge is 0.445 e. The summed E-state index contributed by atoms with van der Waals surface area (Å²) in [6.07, 6.45) is 1.82. The highest BCUT2D eigenvalue weighted by molar-refractivity contribution is 9.10. The van der Waals surface area contributed by atoms with Crippen LogP contribution in [0.3, 0.4) is 0 Å². The Morgan fingerprint density at radius 3 is 2.45 bits per heavy atom. The minimum Gasteiger partial charge on any atom is -0.445 e. The minimum atomic E-state index is -0.359. The Hall–Kier alpha value is -1.81. The van der Waals surface area contributed by atoms with Gasteiger partial charge in [-0.05, 0) is 30.0 Å². The molecule has 4 heteroatoms. The second-order valence-electron chi connectivity index (χ2n) is 5.68. The number of carbonyl (C=O) groups excluding carboxylic acids is 1. The fourth-order valence-corrected chi connectivity index (χ4v) is 3.30. The van der Waals surface area contributed by atoms with Crippen LogP contribution in [-0.2, 0) is 16.8 Å². The zero-order chi connectivity index (χ0) is 15.4. The Morgan fingerprint density at radius 2 is 1.77 bits per heavy atom. The van der Waals surface area contributed by atoms with Crippen molar-refractivity contribution in [2.45, 2.75) is 24.9 Å². The van der Waals surface area contributed by atoms with E-state index in [1.165, 1.54) is 5.56 Å². The van der Waals surface area contributed by atoms with Gasteiger partial charge in [-0.15, -0.1) is 0 Å². The maximum atomic E-state index is 11.9. The molecule has 3 rings (SSSR count). The van der Waals surface area contributed by atoms with Crippen molar-refractivity contribution < 1.29 is 9.53 Å². The number of alkyl carbamates (subject to hydrolysis) is 1. The predicted molar refractivity (Wildman–Crippen MR) is 89.7 cm³/mol. The van der Waals surface area contributed by atoms with Gasteiger partial charge in [0.25, 0.3) is 0 Å².